The molecule has 0 aromatic heterocycles. The lowest BCUT2D eigenvalue weighted by atomic mass is 9.72. The molecule has 2 rings (SSSR count). The van der Waals surface area contributed by atoms with Gasteiger partial charge in [0.1, 0.15) is 11.5 Å². The minimum Gasteiger partial charge on any atom is -0.507 e. The molecule has 27 heavy (non-hydrogen) atoms. The minimum absolute atomic E-state index is 0.00188. The number of rotatable bonds is 8. The van der Waals surface area contributed by atoms with Crippen molar-refractivity contribution < 1.29 is 10.2 Å². The van der Waals surface area contributed by atoms with Crippen LogP contribution in [-0.2, 0) is 5.41 Å². The minimum atomic E-state index is -0.0622. The molecule has 2 atom stereocenters. The van der Waals surface area contributed by atoms with Crippen LogP contribution in [0.25, 0.3) is 0 Å². The molecule has 0 saturated heterocycles. The van der Waals surface area contributed by atoms with Crippen molar-refractivity contribution in [2.24, 2.45) is 5.92 Å². The van der Waals surface area contributed by atoms with Crippen molar-refractivity contribution in [1.82, 2.24) is 0 Å². The van der Waals surface area contributed by atoms with Gasteiger partial charge < -0.3 is 10.2 Å². The van der Waals surface area contributed by atoms with Crippen molar-refractivity contribution in [3.8, 4) is 11.5 Å². The standard InChI is InChI=1S/C25H38O2/c1-7-8-9-10-13-25(5,6)19-15-22(26)24(23(27)16-19)21-14-18(4)11-12-20(21)17(2)3/h14-16,20-21,26-27H,2,7-13H2,1,3-6H3/t20?,21-/m1/s1. The predicted octanol–water partition coefficient (Wildman–Crippen LogP) is 7.36. The monoisotopic (exact) mass is 370 g/mol. The van der Waals surface area contributed by atoms with E-state index in [0.29, 0.717) is 5.56 Å². The molecule has 0 bridgehead atoms. The van der Waals surface area contributed by atoms with Crippen LogP contribution in [0.1, 0.15) is 96.6 Å². The smallest absolute Gasteiger partial charge is 0.123 e. The molecule has 2 N–H and O–H groups in total. The molecule has 2 nitrogen and oxygen atoms in total. The van der Waals surface area contributed by atoms with E-state index in [1.54, 1.807) is 0 Å². The van der Waals surface area contributed by atoms with Gasteiger partial charge in [0, 0.05) is 11.5 Å². The highest BCUT2D eigenvalue weighted by atomic mass is 16.3. The molecule has 1 unspecified atom stereocenters. The van der Waals surface area contributed by atoms with Gasteiger partial charge in [-0.25, -0.2) is 0 Å². The molecule has 0 heterocycles. The molecule has 0 radical (unpaired) electrons. The first-order valence-electron chi connectivity index (χ1n) is 10.6. The van der Waals surface area contributed by atoms with Crippen molar-refractivity contribution in [2.75, 3.05) is 0 Å². The van der Waals surface area contributed by atoms with Crippen LogP contribution in [0, 0.1) is 5.92 Å². The molecule has 0 spiro atoms. The molecule has 1 aliphatic rings. The summed E-state index contributed by atoms with van der Waals surface area (Å²) >= 11 is 0. The second kappa shape index (κ2) is 8.99. The average Bonchev–Trinajstić information content (AvgIpc) is 2.58. The van der Waals surface area contributed by atoms with Gasteiger partial charge in [0.2, 0.25) is 0 Å². The Morgan fingerprint density at radius 2 is 1.78 bits per heavy atom. The number of benzene rings is 1. The van der Waals surface area contributed by atoms with Gasteiger partial charge in [-0.05, 0) is 62.1 Å². The molecule has 0 fully saturated rings. The highest BCUT2D eigenvalue weighted by Gasteiger charge is 2.31. The number of unbranched alkanes of at least 4 members (excludes halogenated alkanes) is 3. The number of phenols is 2. The molecule has 1 aromatic rings. The number of allylic oxidation sites excluding steroid dienone is 3. The molecule has 1 aromatic carbocycles. The second-order valence-electron chi connectivity index (χ2n) is 9.15. The second-order valence-corrected chi connectivity index (χ2v) is 9.15. The highest BCUT2D eigenvalue weighted by Crippen LogP contribution is 2.47. The molecule has 0 aliphatic heterocycles. The van der Waals surface area contributed by atoms with Crippen molar-refractivity contribution in [1.29, 1.82) is 0 Å². The first kappa shape index (κ1) is 21.6. The third kappa shape index (κ3) is 5.18. The fourth-order valence-electron chi connectivity index (χ4n) is 4.40. The summed E-state index contributed by atoms with van der Waals surface area (Å²) < 4.78 is 0. The van der Waals surface area contributed by atoms with Gasteiger partial charge in [-0.1, -0.05) is 70.3 Å². The Bertz CT molecular complexity index is 673. The van der Waals surface area contributed by atoms with Gasteiger partial charge in [0.15, 0.2) is 0 Å². The first-order valence-corrected chi connectivity index (χ1v) is 10.6. The summed E-state index contributed by atoms with van der Waals surface area (Å²) in [5, 5.41) is 21.7. The topological polar surface area (TPSA) is 40.5 Å². The van der Waals surface area contributed by atoms with Gasteiger partial charge in [0.05, 0.1) is 0 Å². The third-order valence-corrected chi connectivity index (χ3v) is 6.29. The summed E-state index contributed by atoms with van der Waals surface area (Å²) in [5.74, 6) is 0.694. The zero-order valence-corrected chi connectivity index (χ0v) is 17.9. The summed E-state index contributed by atoms with van der Waals surface area (Å²) in [6.07, 6.45) is 10.2. The van der Waals surface area contributed by atoms with E-state index in [-0.39, 0.29) is 28.7 Å². The average molecular weight is 371 g/mol. The molecule has 0 saturated carbocycles. The molecule has 1 aliphatic carbocycles. The molecule has 150 valence electrons. The van der Waals surface area contributed by atoms with Crippen molar-refractivity contribution >= 4 is 0 Å². The molecular formula is C25H38O2. The summed E-state index contributed by atoms with van der Waals surface area (Å²) in [5.41, 5.74) is 4.04. The Labute approximate surface area is 166 Å². The highest BCUT2D eigenvalue weighted by molar-refractivity contribution is 5.53. The SMILES string of the molecule is C=C(C)C1CCC(C)=C[C@H]1c1c(O)cc(C(C)(C)CCCCCC)cc1O. The lowest BCUT2D eigenvalue weighted by molar-refractivity contribution is 0.397. The van der Waals surface area contributed by atoms with E-state index < -0.39 is 0 Å². The summed E-state index contributed by atoms with van der Waals surface area (Å²) in [7, 11) is 0. The van der Waals surface area contributed by atoms with Crippen molar-refractivity contribution in [3.05, 3.63) is 47.1 Å². The van der Waals surface area contributed by atoms with E-state index in [9.17, 15) is 10.2 Å². The Morgan fingerprint density at radius 3 is 2.33 bits per heavy atom. The Kier molecular flexibility index (Phi) is 7.19. The number of aromatic hydroxyl groups is 2. The summed E-state index contributed by atoms with van der Waals surface area (Å²) in [6.45, 7) is 15.0. The first-order chi connectivity index (χ1) is 12.7. The van der Waals surface area contributed by atoms with Crippen LogP contribution in [0.15, 0.2) is 35.9 Å². The van der Waals surface area contributed by atoms with E-state index in [0.717, 1.165) is 30.4 Å². The van der Waals surface area contributed by atoms with Gasteiger partial charge >= 0.3 is 0 Å². The largest absolute Gasteiger partial charge is 0.507 e. The maximum Gasteiger partial charge on any atom is 0.123 e. The molecular weight excluding hydrogens is 332 g/mol. The Balaban J connectivity index is 2.33. The van der Waals surface area contributed by atoms with Gasteiger partial charge in [-0.15, -0.1) is 0 Å². The fourth-order valence-corrected chi connectivity index (χ4v) is 4.40. The number of phenolic OH excluding ortho intramolecular Hbond substituents is 2. The van der Waals surface area contributed by atoms with Crippen LogP contribution >= 0.6 is 0 Å². The third-order valence-electron chi connectivity index (χ3n) is 6.29. The van der Waals surface area contributed by atoms with E-state index in [1.807, 2.05) is 19.1 Å². The lowest BCUT2D eigenvalue weighted by Gasteiger charge is -2.32. The maximum atomic E-state index is 10.9. The van der Waals surface area contributed by atoms with Gasteiger partial charge in [-0.2, -0.15) is 0 Å². The van der Waals surface area contributed by atoms with Crippen molar-refractivity contribution in [2.45, 2.75) is 90.9 Å². The lowest BCUT2D eigenvalue weighted by Crippen LogP contribution is -2.19. The Morgan fingerprint density at radius 1 is 1.15 bits per heavy atom. The van der Waals surface area contributed by atoms with Gasteiger partial charge in [-0.3, -0.25) is 0 Å². The summed E-state index contributed by atoms with van der Waals surface area (Å²) in [4.78, 5) is 0. The zero-order chi connectivity index (χ0) is 20.2. The normalized spacial score (nSPS) is 20.4. The van der Waals surface area contributed by atoms with E-state index in [1.165, 1.54) is 31.3 Å². The molecule has 2 heteroatoms. The quantitative estimate of drug-likeness (QED) is 0.370. The zero-order valence-electron chi connectivity index (χ0n) is 17.9. The van der Waals surface area contributed by atoms with Crippen LogP contribution in [0.5, 0.6) is 11.5 Å². The number of hydrogen-bond donors (Lipinski definition) is 2. The van der Waals surface area contributed by atoms with Crippen LogP contribution in [0.2, 0.25) is 0 Å². The fraction of sp³-hybridized carbons (Fsp3) is 0.600. The van der Waals surface area contributed by atoms with Crippen LogP contribution < -0.4 is 0 Å². The maximum absolute atomic E-state index is 10.9. The van der Waals surface area contributed by atoms with E-state index >= 15 is 0 Å². The van der Waals surface area contributed by atoms with Crippen LogP contribution in [-0.4, -0.2) is 10.2 Å². The summed E-state index contributed by atoms with van der Waals surface area (Å²) in [6, 6.07) is 3.75. The van der Waals surface area contributed by atoms with E-state index in [2.05, 4.69) is 40.3 Å². The van der Waals surface area contributed by atoms with Crippen LogP contribution in [0.3, 0.4) is 0 Å². The Hall–Kier alpha value is -1.70. The van der Waals surface area contributed by atoms with E-state index in [4.69, 9.17) is 0 Å². The van der Waals surface area contributed by atoms with Crippen molar-refractivity contribution in [3.63, 3.8) is 0 Å². The predicted molar refractivity (Wildman–Crippen MR) is 116 cm³/mol. The van der Waals surface area contributed by atoms with Gasteiger partial charge in [0.25, 0.3) is 0 Å². The molecule has 0 amide bonds. The number of hydrogen-bond acceptors (Lipinski definition) is 2. The van der Waals surface area contributed by atoms with Crippen LogP contribution in [0.4, 0.5) is 0 Å².